The maximum absolute atomic E-state index is 13.4. The molecule has 41 heavy (non-hydrogen) atoms. The van der Waals surface area contributed by atoms with E-state index in [1.54, 1.807) is 6.34 Å². The molecule has 5 aliphatic rings. The Bertz CT molecular complexity index is 727. The molecule has 0 radical (unpaired) electrons. The highest BCUT2D eigenvalue weighted by molar-refractivity contribution is 5.51. The van der Waals surface area contributed by atoms with Crippen LogP contribution in [0.1, 0.15) is 116 Å². The monoisotopic (exact) mass is 575 g/mol. The lowest BCUT2D eigenvalue weighted by Crippen LogP contribution is -2.54. The van der Waals surface area contributed by atoms with Crippen LogP contribution in [-0.4, -0.2) is 104 Å². The fourth-order valence-electron chi connectivity index (χ4n) is 8.87. The van der Waals surface area contributed by atoms with Crippen LogP contribution in [0.4, 0.5) is 4.39 Å². The summed E-state index contributed by atoms with van der Waals surface area (Å²) in [6.07, 6.45) is 23.1. The van der Waals surface area contributed by atoms with Crippen molar-refractivity contribution >= 4 is 6.34 Å². The van der Waals surface area contributed by atoms with Gasteiger partial charge in [-0.05, 0) is 102 Å². The van der Waals surface area contributed by atoms with Crippen LogP contribution in [0.25, 0.3) is 0 Å². The maximum atomic E-state index is 13.4. The smallest absolute Gasteiger partial charge is 0.100 e. The fourth-order valence-corrected chi connectivity index (χ4v) is 8.87. The third kappa shape index (κ3) is 9.87. The first-order valence-electron chi connectivity index (χ1n) is 17.9. The van der Waals surface area contributed by atoms with Gasteiger partial charge in [0, 0.05) is 64.0 Å². The predicted octanol–water partition coefficient (Wildman–Crippen LogP) is 6.24. The molecule has 0 spiro atoms. The number of nitrogens with zero attached hydrogens (tertiary/aromatic N) is 3. The van der Waals surface area contributed by atoms with Crippen molar-refractivity contribution in [2.24, 2.45) is 11.8 Å². The second kappa shape index (κ2) is 16.9. The van der Waals surface area contributed by atoms with Crippen molar-refractivity contribution < 1.29 is 9.13 Å². The Labute approximate surface area is 251 Å². The Kier molecular flexibility index (Phi) is 13.1. The Morgan fingerprint density at radius 3 is 2.22 bits per heavy atom. The van der Waals surface area contributed by atoms with Gasteiger partial charge in [0.1, 0.15) is 6.17 Å². The molecule has 5 fully saturated rings. The van der Waals surface area contributed by atoms with E-state index in [-0.39, 0.29) is 6.10 Å². The van der Waals surface area contributed by atoms with Crippen molar-refractivity contribution in [2.45, 2.75) is 146 Å². The molecule has 4 saturated carbocycles. The molecule has 0 aromatic carbocycles. The van der Waals surface area contributed by atoms with Gasteiger partial charge in [-0.15, -0.1) is 0 Å². The normalized spacial score (nSPS) is 34.9. The average Bonchev–Trinajstić information content (AvgIpc) is 3.02. The van der Waals surface area contributed by atoms with Crippen molar-refractivity contribution in [2.75, 3.05) is 52.4 Å². The zero-order valence-electron chi connectivity index (χ0n) is 26.1. The van der Waals surface area contributed by atoms with Crippen LogP contribution in [0, 0.1) is 17.2 Å². The molecule has 1 aliphatic heterocycles. The van der Waals surface area contributed by atoms with Gasteiger partial charge >= 0.3 is 0 Å². The quantitative estimate of drug-likeness (QED) is 0.155. The van der Waals surface area contributed by atoms with Crippen molar-refractivity contribution in [3.05, 3.63) is 0 Å². The van der Waals surface area contributed by atoms with E-state index in [1.807, 2.05) is 0 Å². The van der Waals surface area contributed by atoms with E-state index >= 15 is 0 Å². The zero-order chi connectivity index (χ0) is 28.3. The van der Waals surface area contributed by atoms with Gasteiger partial charge in [-0.3, -0.25) is 10.3 Å². The Morgan fingerprint density at radius 1 is 0.780 bits per heavy atom. The third-order valence-corrected chi connectivity index (χ3v) is 11.5. The van der Waals surface area contributed by atoms with E-state index in [2.05, 4.69) is 20.0 Å². The first-order chi connectivity index (χ1) is 20.2. The number of halogens is 1. The van der Waals surface area contributed by atoms with E-state index in [1.165, 1.54) is 116 Å². The van der Waals surface area contributed by atoms with Crippen molar-refractivity contribution in [1.29, 1.82) is 5.41 Å². The number of hydrogen-bond donors (Lipinski definition) is 2. The van der Waals surface area contributed by atoms with Crippen LogP contribution in [0.15, 0.2) is 0 Å². The zero-order valence-corrected chi connectivity index (χ0v) is 26.1. The minimum atomic E-state index is -0.608. The molecule has 2 N–H and O–H groups in total. The average molecular weight is 576 g/mol. The summed E-state index contributed by atoms with van der Waals surface area (Å²) in [4.78, 5) is 7.98. The Hall–Kier alpha value is -0.760. The second-order valence-corrected chi connectivity index (χ2v) is 14.4. The molecule has 2 atom stereocenters. The van der Waals surface area contributed by atoms with Crippen LogP contribution in [0.3, 0.4) is 0 Å². The summed E-state index contributed by atoms with van der Waals surface area (Å²) in [5.41, 5.74) is 0. The van der Waals surface area contributed by atoms with E-state index in [0.29, 0.717) is 24.9 Å². The third-order valence-electron chi connectivity index (χ3n) is 11.5. The fraction of sp³-hybridized carbons (Fsp3) is 0.971. The van der Waals surface area contributed by atoms with E-state index in [4.69, 9.17) is 10.1 Å². The van der Waals surface area contributed by atoms with Gasteiger partial charge < -0.3 is 19.9 Å². The number of hydrogen-bond acceptors (Lipinski definition) is 5. The first-order valence-corrected chi connectivity index (χ1v) is 17.9. The Balaban J connectivity index is 0.978. The summed E-state index contributed by atoms with van der Waals surface area (Å²) in [5.74, 6) is 1.70. The molecule has 1 saturated heterocycles. The van der Waals surface area contributed by atoms with Gasteiger partial charge in [0.15, 0.2) is 0 Å². The molecule has 236 valence electrons. The van der Waals surface area contributed by atoms with Gasteiger partial charge in [0.25, 0.3) is 0 Å². The summed E-state index contributed by atoms with van der Waals surface area (Å²) in [5, 5.41) is 12.2. The molecule has 5 rings (SSSR count). The molecular weight excluding hydrogens is 513 g/mol. The molecule has 0 amide bonds. The van der Waals surface area contributed by atoms with Gasteiger partial charge in [0.2, 0.25) is 0 Å². The topological polar surface area (TPSA) is 54.8 Å². The van der Waals surface area contributed by atoms with Gasteiger partial charge in [-0.25, -0.2) is 4.39 Å². The predicted molar refractivity (Wildman–Crippen MR) is 168 cm³/mol. The highest BCUT2D eigenvalue weighted by Gasteiger charge is 2.33. The number of rotatable bonds is 13. The van der Waals surface area contributed by atoms with E-state index in [0.717, 1.165) is 56.8 Å². The highest BCUT2D eigenvalue weighted by Crippen LogP contribution is 2.32. The van der Waals surface area contributed by atoms with Crippen LogP contribution in [0.2, 0.25) is 0 Å². The molecule has 2 unspecified atom stereocenters. The Morgan fingerprint density at radius 2 is 1.49 bits per heavy atom. The maximum Gasteiger partial charge on any atom is 0.100 e. The molecule has 4 aliphatic carbocycles. The summed E-state index contributed by atoms with van der Waals surface area (Å²) in [6, 6.07) is 1.72. The van der Waals surface area contributed by atoms with Crippen LogP contribution in [0.5, 0.6) is 0 Å². The number of piperazine rings is 1. The first kappa shape index (κ1) is 31.7. The largest absolute Gasteiger partial charge is 0.378 e. The standard InChI is InChI=1S/C34H62FN5O/c35-30-13-17-32(18-14-30)41-24-6-19-37-33-9-4-5-10-34(33)40(27-36)26-29-11-15-31(16-12-29)39-22-20-38(21-23-39)25-28-7-2-1-3-8-28/h27-34,36-37H,1-26H2. The molecule has 0 aromatic rings. The van der Waals surface area contributed by atoms with Crippen molar-refractivity contribution in [3.8, 4) is 0 Å². The highest BCUT2D eigenvalue weighted by atomic mass is 19.1. The summed E-state index contributed by atoms with van der Waals surface area (Å²) >= 11 is 0. The summed E-state index contributed by atoms with van der Waals surface area (Å²) in [7, 11) is 0. The van der Waals surface area contributed by atoms with Crippen molar-refractivity contribution in [1.82, 2.24) is 20.0 Å². The van der Waals surface area contributed by atoms with Crippen LogP contribution >= 0.6 is 0 Å². The lowest BCUT2D eigenvalue weighted by molar-refractivity contribution is 0.0116. The lowest BCUT2D eigenvalue weighted by atomic mass is 9.83. The second-order valence-electron chi connectivity index (χ2n) is 14.4. The number of nitrogens with one attached hydrogen (secondary N) is 2. The van der Waals surface area contributed by atoms with Gasteiger partial charge in [-0.1, -0.05) is 32.1 Å². The van der Waals surface area contributed by atoms with E-state index in [9.17, 15) is 4.39 Å². The number of alkyl halides is 1. The summed E-state index contributed by atoms with van der Waals surface area (Å²) in [6.45, 7) is 9.27. The molecule has 7 heteroatoms. The minimum absolute atomic E-state index is 0.267. The van der Waals surface area contributed by atoms with E-state index < -0.39 is 6.17 Å². The van der Waals surface area contributed by atoms with Gasteiger partial charge in [0.05, 0.1) is 12.4 Å². The van der Waals surface area contributed by atoms with Crippen molar-refractivity contribution in [3.63, 3.8) is 0 Å². The molecular formula is C34H62FN5O. The molecule has 0 aromatic heterocycles. The lowest BCUT2D eigenvalue weighted by Gasteiger charge is -2.44. The molecule has 1 heterocycles. The molecule has 0 bridgehead atoms. The minimum Gasteiger partial charge on any atom is -0.378 e. The van der Waals surface area contributed by atoms with Gasteiger partial charge in [-0.2, -0.15) is 0 Å². The SMILES string of the molecule is N=CN(CC1CCC(N2CCN(CC3CCCCC3)CC2)CC1)C1CCCCC1NCCCOC1CCC(F)CC1. The van der Waals surface area contributed by atoms with Crippen LogP contribution in [-0.2, 0) is 4.74 Å². The van der Waals surface area contributed by atoms with Crippen LogP contribution < -0.4 is 5.32 Å². The summed E-state index contributed by atoms with van der Waals surface area (Å²) < 4.78 is 19.4. The number of ether oxygens (including phenoxy) is 1. The molecule has 6 nitrogen and oxygen atoms in total.